The van der Waals surface area contributed by atoms with Crippen molar-refractivity contribution in [2.45, 2.75) is 25.7 Å². The maximum atomic E-state index is 11.3. The zero-order valence-electron chi connectivity index (χ0n) is 8.99. The number of hydrogen-bond donors (Lipinski definition) is 1. The smallest absolute Gasteiger partial charge is 0.311 e. The first-order valence-electron chi connectivity index (χ1n) is 5.44. The molecule has 3 rings (SSSR count). The Morgan fingerprint density at radius 2 is 1.59 bits per heavy atom. The fraction of sp³-hybridized carbons (Fsp3) is 0.333. The molecule has 88 valence electrons. The van der Waals surface area contributed by atoms with Crippen LogP contribution in [0, 0.1) is 0 Å². The number of hydrogen-bond acceptors (Lipinski definition) is 5. The summed E-state index contributed by atoms with van der Waals surface area (Å²) in [5.41, 5.74) is 1.33. The first-order chi connectivity index (χ1) is 8.15. The zero-order chi connectivity index (χ0) is 12.0. The van der Waals surface area contributed by atoms with Crippen LogP contribution in [0.5, 0.6) is 17.2 Å². The number of carbonyl (C=O) groups excluding carboxylic acids is 2. The molecule has 0 radical (unpaired) electrons. The monoisotopic (exact) mass is 234 g/mol. The maximum absolute atomic E-state index is 11.3. The largest absolute Gasteiger partial charge is 0.507 e. The molecule has 17 heavy (non-hydrogen) atoms. The number of phenols is 1. The van der Waals surface area contributed by atoms with Gasteiger partial charge in [-0.3, -0.25) is 9.59 Å². The van der Waals surface area contributed by atoms with Gasteiger partial charge in [0.1, 0.15) is 17.2 Å². The van der Waals surface area contributed by atoms with Gasteiger partial charge in [-0.25, -0.2) is 0 Å². The summed E-state index contributed by atoms with van der Waals surface area (Å²) < 4.78 is 10.2. The second-order valence-corrected chi connectivity index (χ2v) is 4.13. The van der Waals surface area contributed by atoms with Gasteiger partial charge >= 0.3 is 11.9 Å². The Morgan fingerprint density at radius 1 is 0.941 bits per heavy atom. The molecule has 5 nitrogen and oxygen atoms in total. The molecule has 0 unspecified atom stereocenters. The summed E-state index contributed by atoms with van der Waals surface area (Å²) in [6.07, 6.45) is 1.46. The highest BCUT2D eigenvalue weighted by Crippen LogP contribution is 2.43. The highest BCUT2D eigenvalue weighted by molar-refractivity contribution is 5.81. The van der Waals surface area contributed by atoms with Crippen LogP contribution < -0.4 is 9.47 Å². The fourth-order valence-corrected chi connectivity index (χ4v) is 2.19. The molecule has 0 bridgehead atoms. The topological polar surface area (TPSA) is 72.8 Å². The van der Waals surface area contributed by atoms with Gasteiger partial charge in [0.15, 0.2) is 0 Å². The Labute approximate surface area is 97.0 Å². The summed E-state index contributed by atoms with van der Waals surface area (Å²) >= 11 is 0. The highest BCUT2D eigenvalue weighted by Gasteiger charge is 2.29. The van der Waals surface area contributed by atoms with Crippen LogP contribution in [0.3, 0.4) is 0 Å². The standard InChI is InChI=1S/C12H10O5/c13-8-5-9-7(2-4-10(14)16-9)12-6(8)1-3-11(15)17-12/h5,13H,1-4H2. The van der Waals surface area contributed by atoms with E-state index in [2.05, 4.69) is 0 Å². The number of carbonyl (C=O) groups is 2. The van der Waals surface area contributed by atoms with Gasteiger partial charge in [-0.2, -0.15) is 0 Å². The van der Waals surface area contributed by atoms with E-state index in [1.807, 2.05) is 0 Å². The van der Waals surface area contributed by atoms with Crippen LogP contribution in [0.1, 0.15) is 24.0 Å². The molecule has 2 aliphatic rings. The number of fused-ring (bicyclic) bond motifs is 3. The minimum absolute atomic E-state index is 0.0148. The Hall–Kier alpha value is -2.04. The second kappa shape index (κ2) is 3.48. The van der Waals surface area contributed by atoms with E-state index >= 15 is 0 Å². The van der Waals surface area contributed by atoms with E-state index < -0.39 is 0 Å². The minimum Gasteiger partial charge on any atom is -0.507 e. The van der Waals surface area contributed by atoms with Gasteiger partial charge < -0.3 is 14.6 Å². The molecule has 0 saturated carbocycles. The number of benzene rings is 1. The van der Waals surface area contributed by atoms with Gasteiger partial charge in [-0.1, -0.05) is 0 Å². The summed E-state index contributed by atoms with van der Waals surface area (Å²) in [4.78, 5) is 22.4. The Morgan fingerprint density at radius 3 is 2.35 bits per heavy atom. The van der Waals surface area contributed by atoms with Crippen molar-refractivity contribution in [3.8, 4) is 17.2 Å². The SMILES string of the molecule is O=C1CCc2c(cc(O)c3c2OC(=O)CC3)O1. The minimum atomic E-state index is -0.334. The molecule has 5 heteroatoms. The van der Waals surface area contributed by atoms with E-state index in [1.165, 1.54) is 6.07 Å². The fourth-order valence-electron chi connectivity index (χ4n) is 2.19. The molecule has 0 fully saturated rings. The average Bonchev–Trinajstić information content (AvgIpc) is 2.28. The van der Waals surface area contributed by atoms with Crippen LogP contribution in [-0.2, 0) is 22.4 Å². The lowest BCUT2D eigenvalue weighted by atomic mass is 9.96. The van der Waals surface area contributed by atoms with Crippen LogP contribution in [0.15, 0.2) is 6.07 Å². The Kier molecular flexibility index (Phi) is 2.07. The summed E-state index contributed by atoms with van der Waals surface area (Å²) in [6, 6.07) is 1.42. The van der Waals surface area contributed by atoms with Gasteiger partial charge in [-0.05, 0) is 12.8 Å². The van der Waals surface area contributed by atoms with Crippen molar-refractivity contribution in [1.29, 1.82) is 0 Å². The van der Waals surface area contributed by atoms with E-state index in [-0.39, 0.29) is 30.5 Å². The number of aromatic hydroxyl groups is 1. The average molecular weight is 234 g/mol. The lowest BCUT2D eigenvalue weighted by Crippen LogP contribution is -2.21. The quantitative estimate of drug-likeness (QED) is 0.537. The predicted octanol–water partition coefficient (Wildman–Crippen LogP) is 1.10. The summed E-state index contributed by atoms with van der Waals surface area (Å²) in [6.45, 7) is 0. The van der Waals surface area contributed by atoms with Crippen LogP contribution >= 0.6 is 0 Å². The van der Waals surface area contributed by atoms with Crippen molar-refractivity contribution in [3.05, 3.63) is 17.2 Å². The van der Waals surface area contributed by atoms with Gasteiger partial charge in [0.25, 0.3) is 0 Å². The summed E-state index contributed by atoms with van der Waals surface area (Å²) in [5, 5.41) is 9.80. The normalized spacial score (nSPS) is 17.9. The molecule has 0 aliphatic carbocycles. The first kappa shape index (κ1) is 10.1. The van der Waals surface area contributed by atoms with E-state index in [1.54, 1.807) is 0 Å². The molecule has 1 aromatic carbocycles. The van der Waals surface area contributed by atoms with Gasteiger partial charge in [0, 0.05) is 17.2 Å². The van der Waals surface area contributed by atoms with Crippen molar-refractivity contribution < 1.29 is 24.2 Å². The van der Waals surface area contributed by atoms with E-state index in [4.69, 9.17) is 9.47 Å². The number of ether oxygens (including phenoxy) is 2. The van der Waals surface area contributed by atoms with E-state index in [9.17, 15) is 14.7 Å². The highest BCUT2D eigenvalue weighted by atomic mass is 16.5. The molecule has 0 spiro atoms. The van der Waals surface area contributed by atoms with Crippen molar-refractivity contribution in [1.82, 2.24) is 0 Å². The molecular formula is C12H10O5. The molecule has 0 aromatic heterocycles. The zero-order valence-corrected chi connectivity index (χ0v) is 8.99. The van der Waals surface area contributed by atoms with Gasteiger partial charge in [0.05, 0.1) is 12.8 Å². The van der Waals surface area contributed by atoms with Crippen molar-refractivity contribution >= 4 is 11.9 Å². The first-order valence-corrected chi connectivity index (χ1v) is 5.44. The lowest BCUT2D eigenvalue weighted by Gasteiger charge is -2.24. The van der Waals surface area contributed by atoms with Gasteiger partial charge in [-0.15, -0.1) is 0 Å². The third kappa shape index (κ3) is 1.54. The van der Waals surface area contributed by atoms with Crippen LogP contribution in [0.25, 0.3) is 0 Å². The summed E-state index contributed by atoms with van der Waals surface area (Å²) in [5.74, 6) is 0.0399. The molecule has 0 saturated heterocycles. The molecule has 1 aromatic rings. The Balaban J connectivity index is 2.18. The molecule has 2 heterocycles. The second-order valence-electron chi connectivity index (χ2n) is 4.13. The number of phenolic OH excluding ortho intramolecular Hbond substituents is 1. The maximum Gasteiger partial charge on any atom is 0.311 e. The summed E-state index contributed by atoms with van der Waals surface area (Å²) in [7, 11) is 0. The third-order valence-electron chi connectivity index (χ3n) is 3.02. The molecular weight excluding hydrogens is 224 g/mol. The lowest BCUT2D eigenvalue weighted by molar-refractivity contribution is -0.135. The van der Waals surface area contributed by atoms with Crippen LogP contribution in [0.2, 0.25) is 0 Å². The van der Waals surface area contributed by atoms with E-state index in [0.717, 1.165) is 0 Å². The van der Waals surface area contributed by atoms with Gasteiger partial charge in [0.2, 0.25) is 0 Å². The van der Waals surface area contributed by atoms with Crippen LogP contribution in [-0.4, -0.2) is 17.0 Å². The number of esters is 2. The van der Waals surface area contributed by atoms with Crippen molar-refractivity contribution in [2.24, 2.45) is 0 Å². The Bertz CT molecular complexity index is 532. The molecule has 1 N–H and O–H groups in total. The predicted molar refractivity (Wildman–Crippen MR) is 56.0 cm³/mol. The molecule has 0 amide bonds. The van der Waals surface area contributed by atoms with Crippen LogP contribution in [0.4, 0.5) is 0 Å². The third-order valence-corrected chi connectivity index (χ3v) is 3.02. The molecule has 0 atom stereocenters. The van der Waals surface area contributed by atoms with Crippen molar-refractivity contribution in [2.75, 3.05) is 0 Å². The van der Waals surface area contributed by atoms with E-state index in [0.29, 0.717) is 35.5 Å². The van der Waals surface area contributed by atoms with Crippen molar-refractivity contribution in [3.63, 3.8) is 0 Å². The molecule has 2 aliphatic heterocycles. The number of rotatable bonds is 0.